The minimum atomic E-state index is -0.234. The molecular formula is C17H18ClNO2. The molecule has 0 unspecified atom stereocenters. The maximum absolute atomic E-state index is 11.9. The van der Waals surface area contributed by atoms with Crippen molar-refractivity contribution >= 4 is 23.2 Å². The van der Waals surface area contributed by atoms with E-state index < -0.39 is 0 Å². The van der Waals surface area contributed by atoms with Crippen molar-refractivity contribution in [2.75, 3.05) is 11.9 Å². The van der Waals surface area contributed by atoms with Gasteiger partial charge in [0.2, 0.25) is 0 Å². The molecular weight excluding hydrogens is 286 g/mol. The number of rotatable bonds is 5. The first-order valence-electron chi connectivity index (χ1n) is 6.86. The number of benzene rings is 2. The summed E-state index contributed by atoms with van der Waals surface area (Å²) in [6, 6.07) is 13.2. The number of amides is 1. The molecule has 2 rings (SSSR count). The third kappa shape index (κ3) is 4.50. The van der Waals surface area contributed by atoms with Crippen LogP contribution in [0, 0.1) is 6.92 Å². The molecule has 0 saturated heterocycles. The Kier molecular flexibility index (Phi) is 5.23. The zero-order valence-electron chi connectivity index (χ0n) is 12.2. The number of hydrogen-bond acceptors (Lipinski definition) is 2. The zero-order chi connectivity index (χ0) is 15.2. The SMILES string of the molecule is CCc1cccc(OCC(=O)Nc2ccc(C)cc2Cl)c1. The summed E-state index contributed by atoms with van der Waals surface area (Å²) in [4.78, 5) is 11.9. The van der Waals surface area contributed by atoms with Gasteiger partial charge in [-0.05, 0) is 48.7 Å². The number of ether oxygens (including phenoxy) is 1. The molecule has 0 aliphatic carbocycles. The van der Waals surface area contributed by atoms with Crippen molar-refractivity contribution in [3.8, 4) is 5.75 Å². The number of carbonyl (C=O) groups excluding carboxylic acids is 1. The number of anilines is 1. The molecule has 0 saturated carbocycles. The average Bonchev–Trinajstić information content (AvgIpc) is 2.48. The van der Waals surface area contributed by atoms with Crippen molar-refractivity contribution in [3.05, 3.63) is 58.6 Å². The molecule has 2 aromatic rings. The molecule has 0 heterocycles. The molecule has 0 bridgehead atoms. The minimum Gasteiger partial charge on any atom is -0.484 e. The third-order valence-corrected chi connectivity index (χ3v) is 3.39. The van der Waals surface area contributed by atoms with Crippen molar-refractivity contribution in [1.29, 1.82) is 0 Å². The van der Waals surface area contributed by atoms with Crippen LogP contribution in [0.25, 0.3) is 0 Å². The van der Waals surface area contributed by atoms with Crippen molar-refractivity contribution in [1.82, 2.24) is 0 Å². The topological polar surface area (TPSA) is 38.3 Å². The highest BCUT2D eigenvalue weighted by Gasteiger charge is 2.07. The maximum atomic E-state index is 11.9. The maximum Gasteiger partial charge on any atom is 0.262 e. The van der Waals surface area contributed by atoms with Gasteiger partial charge in [-0.2, -0.15) is 0 Å². The molecule has 0 atom stereocenters. The van der Waals surface area contributed by atoms with E-state index in [1.165, 1.54) is 5.56 Å². The highest BCUT2D eigenvalue weighted by molar-refractivity contribution is 6.33. The van der Waals surface area contributed by atoms with Crippen molar-refractivity contribution in [3.63, 3.8) is 0 Å². The standard InChI is InChI=1S/C17H18ClNO2/c1-3-13-5-4-6-14(10-13)21-11-17(20)19-16-8-7-12(2)9-15(16)18/h4-10H,3,11H2,1-2H3,(H,19,20). The lowest BCUT2D eigenvalue weighted by molar-refractivity contribution is -0.118. The first kappa shape index (κ1) is 15.4. The zero-order valence-corrected chi connectivity index (χ0v) is 12.9. The predicted molar refractivity (Wildman–Crippen MR) is 86.1 cm³/mol. The summed E-state index contributed by atoms with van der Waals surface area (Å²) in [6.45, 7) is 3.98. The predicted octanol–water partition coefficient (Wildman–Crippen LogP) is 4.23. The van der Waals surface area contributed by atoms with Gasteiger partial charge < -0.3 is 10.1 Å². The number of carbonyl (C=O) groups is 1. The molecule has 0 radical (unpaired) electrons. The normalized spacial score (nSPS) is 10.2. The molecule has 0 spiro atoms. The Morgan fingerprint density at radius 1 is 1.24 bits per heavy atom. The highest BCUT2D eigenvalue weighted by Crippen LogP contribution is 2.22. The highest BCUT2D eigenvalue weighted by atomic mass is 35.5. The van der Waals surface area contributed by atoms with E-state index in [9.17, 15) is 4.79 Å². The van der Waals surface area contributed by atoms with Gasteiger partial charge in [-0.15, -0.1) is 0 Å². The number of halogens is 1. The van der Waals surface area contributed by atoms with E-state index in [2.05, 4.69) is 12.2 Å². The minimum absolute atomic E-state index is 0.0443. The molecule has 1 amide bonds. The van der Waals surface area contributed by atoms with E-state index in [0.29, 0.717) is 16.5 Å². The molecule has 0 aliphatic rings. The van der Waals surface area contributed by atoms with Crippen LogP contribution in [-0.2, 0) is 11.2 Å². The summed E-state index contributed by atoms with van der Waals surface area (Å²) in [6.07, 6.45) is 0.933. The first-order valence-corrected chi connectivity index (χ1v) is 7.24. The Morgan fingerprint density at radius 3 is 2.76 bits per heavy atom. The molecule has 4 heteroatoms. The number of nitrogens with one attached hydrogen (secondary N) is 1. The third-order valence-electron chi connectivity index (χ3n) is 3.08. The fourth-order valence-electron chi connectivity index (χ4n) is 1.91. The Labute approximate surface area is 129 Å². The molecule has 2 aromatic carbocycles. The molecule has 110 valence electrons. The van der Waals surface area contributed by atoms with Crippen LogP contribution in [-0.4, -0.2) is 12.5 Å². The monoisotopic (exact) mass is 303 g/mol. The summed E-state index contributed by atoms with van der Waals surface area (Å²) < 4.78 is 5.49. The Bertz CT molecular complexity index is 640. The van der Waals surface area contributed by atoms with Crippen molar-refractivity contribution in [2.24, 2.45) is 0 Å². The molecule has 0 fully saturated rings. The van der Waals surface area contributed by atoms with Gasteiger partial charge >= 0.3 is 0 Å². The van der Waals surface area contributed by atoms with E-state index in [1.807, 2.05) is 43.3 Å². The van der Waals surface area contributed by atoms with Crippen LogP contribution in [0.15, 0.2) is 42.5 Å². The molecule has 1 N–H and O–H groups in total. The molecule has 21 heavy (non-hydrogen) atoms. The number of hydrogen-bond donors (Lipinski definition) is 1. The largest absolute Gasteiger partial charge is 0.484 e. The van der Waals surface area contributed by atoms with Crippen LogP contribution in [0.3, 0.4) is 0 Å². The summed E-state index contributed by atoms with van der Waals surface area (Å²) in [5.41, 5.74) is 2.82. The Morgan fingerprint density at radius 2 is 2.05 bits per heavy atom. The van der Waals surface area contributed by atoms with Gasteiger partial charge in [-0.25, -0.2) is 0 Å². The molecule has 3 nitrogen and oxygen atoms in total. The van der Waals surface area contributed by atoms with E-state index >= 15 is 0 Å². The quantitative estimate of drug-likeness (QED) is 0.897. The van der Waals surface area contributed by atoms with Gasteiger partial charge in [0.15, 0.2) is 6.61 Å². The van der Waals surface area contributed by atoms with Crippen LogP contribution < -0.4 is 10.1 Å². The molecule has 0 aromatic heterocycles. The van der Waals surface area contributed by atoms with Gasteiger partial charge in [-0.3, -0.25) is 4.79 Å². The van der Waals surface area contributed by atoms with E-state index in [4.69, 9.17) is 16.3 Å². The fourth-order valence-corrected chi connectivity index (χ4v) is 2.19. The smallest absolute Gasteiger partial charge is 0.262 e. The second-order valence-electron chi connectivity index (χ2n) is 4.82. The van der Waals surface area contributed by atoms with E-state index in [1.54, 1.807) is 6.07 Å². The van der Waals surface area contributed by atoms with Crippen LogP contribution in [0.4, 0.5) is 5.69 Å². The lowest BCUT2D eigenvalue weighted by Gasteiger charge is -2.10. The summed E-state index contributed by atoms with van der Waals surface area (Å²) in [7, 11) is 0. The van der Waals surface area contributed by atoms with Gasteiger partial charge in [0.1, 0.15) is 5.75 Å². The van der Waals surface area contributed by atoms with E-state index in [0.717, 1.165) is 12.0 Å². The Hall–Kier alpha value is -2.00. The first-order chi connectivity index (χ1) is 10.1. The lowest BCUT2D eigenvalue weighted by Crippen LogP contribution is -2.20. The fraction of sp³-hybridized carbons (Fsp3) is 0.235. The van der Waals surface area contributed by atoms with Crippen LogP contribution in [0.5, 0.6) is 5.75 Å². The summed E-state index contributed by atoms with van der Waals surface area (Å²) >= 11 is 6.07. The van der Waals surface area contributed by atoms with Gasteiger partial charge in [0.25, 0.3) is 5.91 Å². The number of aryl methyl sites for hydroxylation is 2. The van der Waals surface area contributed by atoms with Crippen LogP contribution in [0.1, 0.15) is 18.1 Å². The second-order valence-corrected chi connectivity index (χ2v) is 5.23. The van der Waals surface area contributed by atoms with Crippen LogP contribution in [0.2, 0.25) is 5.02 Å². The van der Waals surface area contributed by atoms with Crippen molar-refractivity contribution < 1.29 is 9.53 Å². The van der Waals surface area contributed by atoms with Crippen molar-refractivity contribution in [2.45, 2.75) is 20.3 Å². The summed E-state index contributed by atoms with van der Waals surface area (Å²) in [5, 5.41) is 3.26. The van der Waals surface area contributed by atoms with Gasteiger partial charge in [-0.1, -0.05) is 36.7 Å². The van der Waals surface area contributed by atoms with Gasteiger partial charge in [0.05, 0.1) is 10.7 Å². The average molecular weight is 304 g/mol. The molecule has 0 aliphatic heterocycles. The van der Waals surface area contributed by atoms with Crippen LogP contribution >= 0.6 is 11.6 Å². The van der Waals surface area contributed by atoms with E-state index in [-0.39, 0.29) is 12.5 Å². The van der Waals surface area contributed by atoms with Gasteiger partial charge in [0, 0.05) is 0 Å². The summed E-state index contributed by atoms with van der Waals surface area (Å²) in [5.74, 6) is 0.460. The Balaban J connectivity index is 1.92. The lowest BCUT2D eigenvalue weighted by atomic mass is 10.2. The second kappa shape index (κ2) is 7.14.